The maximum absolute atomic E-state index is 13.7. The largest absolute Gasteiger partial charge is 0.508 e. The van der Waals surface area contributed by atoms with Gasteiger partial charge in [-0.1, -0.05) is 54.2 Å². The molecule has 5 heterocycles. The number of piperidine rings is 1. The first-order valence-electron chi connectivity index (χ1n) is 22.2. The second kappa shape index (κ2) is 17.2. The Balaban J connectivity index is 0.724. The number of phenolic OH excluding ortho intramolecular Hbond substituents is 2. The minimum Gasteiger partial charge on any atom is -0.508 e. The van der Waals surface area contributed by atoms with Crippen molar-refractivity contribution in [1.82, 2.24) is 19.2 Å². The van der Waals surface area contributed by atoms with E-state index in [9.17, 15) is 19.8 Å². The van der Waals surface area contributed by atoms with Crippen LogP contribution in [-0.2, 0) is 23.3 Å². The molecule has 3 N–H and O–H groups in total. The van der Waals surface area contributed by atoms with Gasteiger partial charge >= 0.3 is 5.97 Å². The molecule has 5 aromatic carbocycles. The number of phenols is 2. The highest BCUT2D eigenvalue weighted by atomic mass is 32.1. The van der Waals surface area contributed by atoms with Crippen molar-refractivity contribution in [2.75, 3.05) is 32.8 Å². The lowest BCUT2D eigenvalue weighted by atomic mass is 9.77. The minimum atomic E-state index is -1.31. The highest BCUT2D eigenvalue weighted by Crippen LogP contribution is 2.57. The van der Waals surface area contributed by atoms with Gasteiger partial charge in [0.15, 0.2) is 5.60 Å². The predicted octanol–water partition coefficient (Wildman–Crippen LogP) is 9.13. The molecule has 0 aliphatic carbocycles. The van der Waals surface area contributed by atoms with E-state index in [2.05, 4.69) is 41.4 Å². The van der Waals surface area contributed by atoms with Crippen molar-refractivity contribution in [3.8, 4) is 28.7 Å². The first kappa shape index (κ1) is 41.4. The number of esters is 1. The van der Waals surface area contributed by atoms with Gasteiger partial charge in [-0.3, -0.25) is 4.79 Å². The van der Waals surface area contributed by atoms with Crippen LogP contribution in [0.3, 0.4) is 0 Å². The molecule has 326 valence electrons. The molecule has 0 saturated carbocycles. The number of hydrogen-bond donors (Lipinski definition) is 3. The number of aryl methyl sites for hydroxylation is 2. The van der Waals surface area contributed by atoms with Crippen molar-refractivity contribution in [2.45, 2.75) is 63.5 Å². The molecule has 2 aromatic heterocycles. The Morgan fingerprint density at radius 1 is 0.797 bits per heavy atom. The van der Waals surface area contributed by atoms with Crippen molar-refractivity contribution in [3.63, 3.8) is 0 Å². The summed E-state index contributed by atoms with van der Waals surface area (Å²) < 4.78 is 22.4. The van der Waals surface area contributed by atoms with Gasteiger partial charge in [-0.05, 0) is 130 Å². The molecule has 1 saturated heterocycles. The van der Waals surface area contributed by atoms with Crippen molar-refractivity contribution in [3.05, 3.63) is 165 Å². The number of nitrogens with one attached hydrogen (secondary N) is 1. The number of fused-ring (bicyclic) bond motifs is 9. The number of nitrogens with zero attached hydrogens (tertiary/aromatic N) is 3. The molecule has 0 radical (unpaired) electrons. The normalized spacial score (nSPS) is 15.4. The maximum atomic E-state index is 13.7. The number of rotatable bonds is 13. The Morgan fingerprint density at radius 2 is 1.53 bits per heavy atom. The highest BCUT2D eigenvalue weighted by molar-refractivity contribution is 7.80. The molecule has 12 heteroatoms. The number of ether oxygens (including phenoxy) is 3. The van der Waals surface area contributed by atoms with Crippen LogP contribution < -0.4 is 20.3 Å². The lowest BCUT2D eigenvalue weighted by Gasteiger charge is -2.36. The summed E-state index contributed by atoms with van der Waals surface area (Å²) in [7, 11) is 0. The molecular formula is C52H50N4O7S. The zero-order chi connectivity index (χ0) is 44.0. The first-order chi connectivity index (χ1) is 31.1. The third-order valence-corrected chi connectivity index (χ3v) is 13.4. The third-order valence-electron chi connectivity index (χ3n) is 13.1. The number of unbranched alkanes of at least 4 members (excludes halogenated alkanes) is 1. The fraction of sp³-hybridized carbons (Fsp3) is 0.288. The van der Waals surface area contributed by atoms with E-state index in [4.69, 9.17) is 26.4 Å². The summed E-state index contributed by atoms with van der Waals surface area (Å²) in [4.78, 5) is 30.4. The van der Waals surface area contributed by atoms with Gasteiger partial charge < -0.3 is 43.6 Å². The predicted molar refractivity (Wildman–Crippen MR) is 250 cm³/mol. The Kier molecular flexibility index (Phi) is 11.1. The minimum absolute atomic E-state index is 0.00482. The fourth-order valence-corrected chi connectivity index (χ4v) is 10.1. The van der Waals surface area contributed by atoms with Crippen LogP contribution in [0.25, 0.3) is 16.6 Å². The number of hydrogen-bond acceptors (Lipinski definition) is 9. The lowest BCUT2D eigenvalue weighted by molar-refractivity contribution is 0.0224. The van der Waals surface area contributed by atoms with Crippen LogP contribution in [0.4, 0.5) is 0 Å². The van der Waals surface area contributed by atoms with Crippen LogP contribution in [-0.4, -0.2) is 67.8 Å². The smallest absolute Gasteiger partial charge is 0.340 e. The van der Waals surface area contributed by atoms with Gasteiger partial charge in [0.05, 0.1) is 28.2 Å². The van der Waals surface area contributed by atoms with Crippen molar-refractivity contribution in [1.29, 1.82) is 0 Å². The molecule has 0 amide bonds. The fourth-order valence-electron chi connectivity index (χ4n) is 9.79. The SMILES string of the molecule is Cc1ccc(C2CCN(CCCn3c(=O)c4cccn4c4cc(OCCCCNC(=S)Cc5ccc6c(c5)C(=O)OC65c6ccc(O)cc6Oc6cc(O)ccc65)ccc43)CC2)cc1. The highest BCUT2D eigenvalue weighted by Gasteiger charge is 2.53. The van der Waals surface area contributed by atoms with Gasteiger partial charge in [0.1, 0.15) is 34.3 Å². The zero-order valence-corrected chi connectivity index (χ0v) is 36.5. The van der Waals surface area contributed by atoms with Crippen LogP contribution in [0, 0.1) is 6.92 Å². The van der Waals surface area contributed by atoms with E-state index >= 15 is 0 Å². The Hall–Kier alpha value is -6.63. The van der Waals surface area contributed by atoms with Gasteiger partial charge in [0.2, 0.25) is 0 Å². The number of carbonyl (C=O) groups is 1. The van der Waals surface area contributed by atoms with Crippen LogP contribution in [0.1, 0.15) is 81.8 Å². The molecule has 11 nitrogen and oxygen atoms in total. The van der Waals surface area contributed by atoms with Gasteiger partial charge in [-0.2, -0.15) is 0 Å². The number of aromatic nitrogens is 2. The molecule has 3 aliphatic rings. The van der Waals surface area contributed by atoms with E-state index in [1.165, 1.54) is 48.2 Å². The summed E-state index contributed by atoms with van der Waals surface area (Å²) in [5, 5.41) is 23.8. The molecule has 0 atom stereocenters. The molecular weight excluding hydrogens is 825 g/mol. The monoisotopic (exact) mass is 874 g/mol. The lowest BCUT2D eigenvalue weighted by Crippen LogP contribution is -2.34. The van der Waals surface area contributed by atoms with E-state index < -0.39 is 11.6 Å². The van der Waals surface area contributed by atoms with Crippen LogP contribution in [0.5, 0.6) is 28.7 Å². The summed E-state index contributed by atoms with van der Waals surface area (Å²) in [6.45, 7) is 7.12. The van der Waals surface area contributed by atoms with Crippen molar-refractivity contribution < 1.29 is 29.2 Å². The summed E-state index contributed by atoms with van der Waals surface area (Å²) in [5.41, 5.74) is 7.08. The maximum Gasteiger partial charge on any atom is 0.340 e. The van der Waals surface area contributed by atoms with Gasteiger partial charge in [0, 0.05) is 60.6 Å². The molecule has 3 aliphatic heterocycles. The summed E-state index contributed by atoms with van der Waals surface area (Å²) in [5.74, 6) is 1.58. The van der Waals surface area contributed by atoms with E-state index in [0.29, 0.717) is 76.3 Å². The molecule has 0 unspecified atom stereocenters. The standard InChI is InChI=1S/C52H50N4O7S/c1-33-7-10-35(11-8-33)36-19-25-54(26-20-36)22-5-24-56-44-18-14-39(32-46(44)55-23-4-6-45(55)50(56)59)61-27-3-2-21-53-49(64)29-34-9-15-41-40(28-34)51(60)63-52(41)42-16-12-37(57)30-47(42)62-48-31-38(58)13-17-43(48)52/h4,6-18,23,28,30-32,36,57-58H,2-3,5,19-22,24-27,29H2,1H3,(H,53,64). The number of benzene rings is 5. The molecule has 1 fully saturated rings. The van der Waals surface area contributed by atoms with E-state index in [1.807, 2.05) is 63.7 Å². The topological polar surface area (TPSA) is 127 Å². The quantitative estimate of drug-likeness (QED) is 0.0587. The average molecular weight is 875 g/mol. The summed E-state index contributed by atoms with van der Waals surface area (Å²) in [6.07, 6.45) is 7.27. The first-order valence-corrected chi connectivity index (χ1v) is 22.6. The van der Waals surface area contributed by atoms with Gasteiger partial charge in [0.25, 0.3) is 5.56 Å². The van der Waals surface area contributed by atoms with Gasteiger partial charge in [-0.25, -0.2) is 4.79 Å². The number of carbonyl (C=O) groups excluding carboxylic acids is 1. The second-order valence-electron chi connectivity index (χ2n) is 17.2. The summed E-state index contributed by atoms with van der Waals surface area (Å²) >= 11 is 5.72. The van der Waals surface area contributed by atoms with E-state index in [0.717, 1.165) is 61.2 Å². The number of thiocarbonyl (C=S) groups is 1. The second-order valence-corrected chi connectivity index (χ2v) is 17.7. The average Bonchev–Trinajstić information content (AvgIpc) is 3.90. The van der Waals surface area contributed by atoms with Crippen LogP contribution >= 0.6 is 12.2 Å². The molecule has 10 rings (SSSR count). The van der Waals surface area contributed by atoms with E-state index in [1.54, 1.807) is 12.1 Å². The molecule has 7 aromatic rings. The number of likely N-dealkylation sites (tertiary alicyclic amines) is 1. The molecule has 64 heavy (non-hydrogen) atoms. The zero-order valence-electron chi connectivity index (χ0n) is 35.7. The summed E-state index contributed by atoms with van der Waals surface area (Å²) in [6, 6.07) is 33.9. The van der Waals surface area contributed by atoms with Crippen LogP contribution in [0.15, 0.2) is 120 Å². The van der Waals surface area contributed by atoms with E-state index in [-0.39, 0.29) is 17.1 Å². The van der Waals surface area contributed by atoms with Crippen molar-refractivity contribution >= 4 is 39.7 Å². The number of aromatic hydroxyl groups is 2. The van der Waals surface area contributed by atoms with Gasteiger partial charge in [-0.15, -0.1) is 0 Å². The molecule has 0 bridgehead atoms. The Bertz CT molecular complexity index is 2930. The third kappa shape index (κ3) is 7.75. The van der Waals surface area contributed by atoms with Crippen molar-refractivity contribution in [2.24, 2.45) is 0 Å². The van der Waals surface area contributed by atoms with Crippen LogP contribution in [0.2, 0.25) is 0 Å². The Labute approximate surface area is 376 Å². The molecule has 1 spiro atoms. The Morgan fingerprint density at radius 3 is 2.28 bits per heavy atom.